The van der Waals surface area contributed by atoms with E-state index < -0.39 is 0 Å². The van der Waals surface area contributed by atoms with E-state index in [4.69, 9.17) is 11.6 Å². The number of nitrogens with zero attached hydrogens (tertiary/aromatic N) is 4. The molecule has 4 rings (SSSR count). The highest BCUT2D eigenvalue weighted by Crippen LogP contribution is 2.22. The van der Waals surface area contributed by atoms with Crippen LogP contribution in [0.1, 0.15) is 0 Å². The van der Waals surface area contributed by atoms with Gasteiger partial charge >= 0.3 is 6.03 Å². The average Bonchev–Trinajstić information content (AvgIpc) is 3.09. The highest BCUT2D eigenvalue weighted by molar-refractivity contribution is 6.30. The lowest BCUT2D eigenvalue weighted by atomic mass is 10.2. The highest BCUT2D eigenvalue weighted by atomic mass is 35.5. The van der Waals surface area contributed by atoms with Gasteiger partial charge in [-0.15, -0.1) is 0 Å². The lowest BCUT2D eigenvalue weighted by Crippen LogP contribution is -2.51. The van der Waals surface area contributed by atoms with Gasteiger partial charge in [0.1, 0.15) is 12.4 Å². The molecule has 0 saturated carbocycles. The van der Waals surface area contributed by atoms with Gasteiger partial charge in [-0.05, 0) is 48.5 Å². The van der Waals surface area contributed by atoms with E-state index in [1.54, 1.807) is 26.8 Å². The number of piperazine rings is 1. The van der Waals surface area contributed by atoms with Crippen LogP contribution in [-0.4, -0.2) is 67.6 Å². The molecular weight excluding hydrogens is 395 g/mol. The van der Waals surface area contributed by atoms with E-state index in [9.17, 15) is 14.0 Å². The number of benzene rings is 2. The minimum atomic E-state index is -0.342. The monoisotopic (exact) mass is 416 g/mol. The Balaban J connectivity index is 1.30. The van der Waals surface area contributed by atoms with Crippen molar-refractivity contribution >= 4 is 34.9 Å². The third-order valence-corrected chi connectivity index (χ3v) is 5.64. The Morgan fingerprint density at radius 1 is 0.862 bits per heavy atom. The summed E-state index contributed by atoms with van der Waals surface area (Å²) >= 11 is 5.94. The Labute approximate surface area is 174 Å². The van der Waals surface area contributed by atoms with Crippen LogP contribution in [0.5, 0.6) is 0 Å². The Morgan fingerprint density at radius 2 is 1.48 bits per heavy atom. The number of urea groups is 1. The van der Waals surface area contributed by atoms with Crippen molar-refractivity contribution < 1.29 is 14.0 Å². The van der Waals surface area contributed by atoms with Crippen molar-refractivity contribution in [3.63, 3.8) is 0 Å². The second-order valence-corrected chi connectivity index (χ2v) is 7.61. The van der Waals surface area contributed by atoms with Crippen molar-refractivity contribution in [2.24, 2.45) is 0 Å². The maximum absolute atomic E-state index is 13.1. The molecule has 8 heteroatoms. The van der Waals surface area contributed by atoms with Crippen LogP contribution < -0.4 is 9.80 Å². The van der Waals surface area contributed by atoms with Gasteiger partial charge in [0.15, 0.2) is 0 Å². The van der Waals surface area contributed by atoms with E-state index in [-0.39, 0.29) is 24.3 Å². The molecule has 2 heterocycles. The standard InChI is InChI=1S/C21H22ClFN4O2/c22-16-1-5-18(6-2-16)24-9-11-25(12-10-24)20(28)15-26-13-14-27(21(26)29)19-7-3-17(23)4-8-19/h1-8H,9-15H2. The molecule has 0 aromatic heterocycles. The number of amides is 3. The summed E-state index contributed by atoms with van der Waals surface area (Å²) in [6, 6.07) is 13.3. The summed E-state index contributed by atoms with van der Waals surface area (Å²) in [6.45, 7) is 3.74. The molecule has 0 unspecified atom stereocenters. The molecule has 2 aliphatic rings. The van der Waals surface area contributed by atoms with Crippen molar-refractivity contribution in [1.29, 1.82) is 0 Å². The molecule has 0 bridgehead atoms. The van der Waals surface area contributed by atoms with Crippen LogP contribution >= 0.6 is 11.6 Å². The molecule has 3 amide bonds. The number of halogens is 2. The second kappa shape index (κ2) is 8.29. The minimum absolute atomic E-state index is 0.0462. The molecular formula is C21H22ClFN4O2. The summed E-state index contributed by atoms with van der Waals surface area (Å²) in [6.07, 6.45) is 0. The minimum Gasteiger partial charge on any atom is -0.368 e. The fourth-order valence-electron chi connectivity index (χ4n) is 3.72. The van der Waals surface area contributed by atoms with E-state index in [0.717, 1.165) is 18.8 Å². The zero-order valence-electron chi connectivity index (χ0n) is 15.9. The lowest BCUT2D eigenvalue weighted by molar-refractivity contribution is -0.131. The maximum atomic E-state index is 13.1. The van der Waals surface area contributed by atoms with Gasteiger partial charge < -0.3 is 14.7 Å². The molecule has 0 atom stereocenters. The summed E-state index contributed by atoms with van der Waals surface area (Å²) in [5.74, 6) is -0.389. The van der Waals surface area contributed by atoms with Gasteiger partial charge in [-0.25, -0.2) is 9.18 Å². The molecule has 2 aromatic rings. The molecule has 6 nitrogen and oxygen atoms in total. The summed E-state index contributed by atoms with van der Waals surface area (Å²) in [4.78, 5) is 32.5. The Kier molecular flexibility index (Phi) is 5.58. The Morgan fingerprint density at radius 3 is 2.14 bits per heavy atom. The van der Waals surface area contributed by atoms with Crippen LogP contribution in [0.25, 0.3) is 0 Å². The predicted molar refractivity (Wildman–Crippen MR) is 111 cm³/mol. The maximum Gasteiger partial charge on any atom is 0.325 e. The molecule has 0 radical (unpaired) electrons. The number of hydrogen-bond donors (Lipinski definition) is 0. The topological polar surface area (TPSA) is 47.1 Å². The van der Waals surface area contributed by atoms with E-state index >= 15 is 0 Å². The number of anilines is 2. The van der Waals surface area contributed by atoms with E-state index in [0.29, 0.717) is 36.9 Å². The van der Waals surface area contributed by atoms with Gasteiger partial charge in [-0.1, -0.05) is 11.6 Å². The molecule has 29 heavy (non-hydrogen) atoms. The predicted octanol–water partition coefficient (Wildman–Crippen LogP) is 3.07. The average molecular weight is 417 g/mol. The van der Waals surface area contributed by atoms with Crippen LogP contribution in [0.15, 0.2) is 48.5 Å². The third kappa shape index (κ3) is 4.29. The van der Waals surface area contributed by atoms with Gasteiger partial charge in [0, 0.05) is 55.7 Å². The van der Waals surface area contributed by atoms with Gasteiger partial charge in [-0.3, -0.25) is 9.69 Å². The normalized spacial score (nSPS) is 17.2. The first-order valence-corrected chi connectivity index (χ1v) is 9.99. The van der Waals surface area contributed by atoms with Gasteiger partial charge in [0.05, 0.1) is 0 Å². The van der Waals surface area contributed by atoms with Crippen molar-refractivity contribution in [3.05, 3.63) is 59.4 Å². The van der Waals surface area contributed by atoms with Crippen molar-refractivity contribution in [3.8, 4) is 0 Å². The molecule has 2 aromatic carbocycles. The van der Waals surface area contributed by atoms with Gasteiger partial charge in [-0.2, -0.15) is 0 Å². The second-order valence-electron chi connectivity index (χ2n) is 7.18. The molecule has 2 fully saturated rings. The smallest absolute Gasteiger partial charge is 0.325 e. The van der Waals surface area contributed by atoms with Gasteiger partial charge in [0.2, 0.25) is 5.91 Å². The first-order valence-electron chi connectivity index (χ1n) is 9.61. The summed E-state index contributed by atoms with van der Waals surface area (Å²) < 4.78 is 13.1. The van der Waals surface area contributed by atoms with E-state index in [1.165, 1.54) is 12.1 Å². The van der Waals surface area contributed by atoms with E-state index in [2.05, 4.69) is 4.90 Å². The summed E-state index contributed by atoms with van der Waals surface area (Å²) in [7, 11) is 0. The molecule has 152 valence electrons. The van der Waals surface area contributed by atoms with Crippen LogP contribution in [0.2, 0.25) is 5.02 Å². The fraction of sp³-hybridized carbons (Fsp3) is 0.333. The molecule has 0 N–H and O–H groups in total. The summed E-state index contributed by atoms with van der Waals surface area (Å²) in [5, 5.41) is 0.701. The first-order chi connectivity index (χ1) is 14.0. The van der Waals surface area contributed by atoms with Gasteiger partial charge in [0.25, 0.3) is 0 Å². The lowest BCUT2D eigenvalue weighted by Gasteiger charge is -2.36. The van der Waals surface area contributed by atoms with Crippen LogP contribution in [0.3, 0.4) is 0 Å². The van der Waals surface area contributed by atoms with Crippen LogP contribution in [0.4, 0.5) is 20.6 Å². The van der Waals surface area contributed by atoms with Crippen molar-refractivity contribution in [2.75, 3.05) is 55.6 Å². The SMILES string of the molecule is O=C(CN1CCN(c2ccc(F)cc2)C1=O)N1CCN(c2ccc(Cl)cc2)CC1. The zero-order chi connectivity index (χ0) is 20.4. The zero-order valence-corrected chi connectivity index (χ0v) is 16.7. The molecule has 0 spiro atoms. The first kappa shape index (κ1) is 19.5. The molecule has 0 aliphatic carbocycles. The molecule has 2 saturated heterocycles. The number of carbonyl (C=O) groups is 2. The van der Waals surface area contributed by atoms with Crippen LogP contribution in [0, 0.1) is 5.82 Å². The molecule has 2 aliphatic heterocycles. The third-order valence-electron chi connectivity index (χ3n) is 5.38. The largest absolute Gasteiger partial charge is 0.368 e. The Hall–Kier alpha value is -2.80. The quantitative estimate of drug-likeness (QED) is 0.769. The van der Waals surface area contributed by atoms with Crippen molar-refractivity contribution in [1.82, 2.24) is 9.80 Å². The number of hydrogen-bond acceptors (Lipinski definition) is 3. The Bertz CT molecular complexity index is 883. The number of rotatable bonds is 4. The highest BCUT2D eigenvalue weighted by Gasteiger charge is 2.32. The van der Waals surface area contributed by atoms with Crippen molar-refractivity contribution in [2.45, 2.75) is 0 Å². The number of carbonyl (C=O) groups excluding carboxylic acids is 2. The fourth-order valence-corrected chi connectivity index (χ4v) is 3.85. The van der Waals surface area contributed by atoms with Crippen LogP contribution in [-0.2, 0) is 4.79 Å². The van der Waals surface area contributed by atoms with E-state index in [1.807, 2.05) is 24.3 Å². The summed E-state index contributed by atoms with van der Waals surface area (Å²) in [5.41, 5.74) is 1.73.